The van der Waals surface area contributed by atoms with Crippen LogP contribution in [0.2, 0.25) is 0 Å². The topological polar surface area (TPSA) is 78.3 Å². The van der Waals surface area contributed by atoms with Crippen LogP contribution in [0.5, 0.6) is 0 Å². The molecule has 3 aromatic rings. The summed E-state index contributed by atoms with van der Waals surface area (Å²) >= 11 is 0. The molecule has 0 spiro atoms. The van der Waals surface area contributed by atoms with Gasteiger partial charge in [-0.15, -0.1) is 0 Å². The zero-order chi connectivity index (χ0) is 26.7. The fourth-order valence-electron chi connectivity index (χ4n) is 4.53. The Hall–Kier alpha value is -3.62. The van der Waals surface area contributed by atoms with E-state index in [1.807, 2.05) is 80.6 Å². The molecule has 0 unspecified atom stereocenters. The molecule has 0 atom stereocenters. The van der Waals surface area contributed by atoms with Crippen LogP contribution in [-0.4, -0.2) is 72.6 Å². The zero-order valence-electron chi connectivity index (χ0n) is 22.4. The Balaban J connectivity index is 1.47. The van der Waals surface area contributed by atoms with Crippen LogP contribution in [0.25, 0.3) is 0 Å². The number of benzene rings is 2. The number of morpholine rings is 1. The molecular weight excluding hydrogens is 480 g/mol. The van der Waals surface area contributed by atoms with Crippen LogP contribution in [0.4, 0.5) is 10.5 Å². The Morgan fingerprint density at radius 2 is 1.63 bits per heavy atom. The molecule has 1 saturated heterocycles. The minimum absolute atomic E-state index is 0.0205. The number of rotatable bonds is 11. The smallest absolute Gasteiger partial charge is 0.322 e. The zero-order valence-corrected chi connectivity index (χ0v) is 22.4. The van der Waals surface area contributed by atoms with Crippen molar-refractivity contribution in [2.45, 2.75) is 33.4 Å². The third kappa shape index (κ3) is 8.19. The van der Waals surface area contributed by atoms with E-state index in [1.54, 1.807) is 9.80 Å². The number of urea groups is 1. The summed E-state index contributed by atoms with van der Waals surface area (Å²) in [7, 11) is 0. The van der Waals surface area contributed by atoms with Gasteiger partial charge >= 0.3 is 6.03 Å². The minimum atomic E-state index is -0.275. The summed E-state index contributed by atoms with van der Waals surface area (Å²) in [5.74, 6) is 1.39. The predicted octanol–water partition coefficient (Wildman–Crippen LogP) is 4.68. The van der Waals surface area contributed by atoms with E-state index < -0.39 is 0 Å². The van der Waals surface area contributed by atoms with Crippen molar-refractivity contribution in [3.8, 4) is 0 Å². The van der Waals surface area contributed by atoms with Gasteiger partial charge < -0.3 is 24.3 Å². The molecule has 1 aliphatic rings. The van der Waals surface area contributed by atoms with E-state index in [9.17, 15) is 9.59 Å². The highest BCUT2D eigenvalue weighted by Crippen LogP contribution is 2.16. The number of hydrogen-bond acceptors (Lipinski definition) is 5. The lowest BCUT2D eigenvalue weighted by molar-refractivity contribution is -0.133. The van der Waals surface area contributed by atoms with Gasteiger partial charge in [-0.3, -0.25) is 9.69 Å². The minimum Gasteiger partial charge on any atom is -0.464 e. The van der Waals surface area contributed by atoms with Crippen molar-refractivity contribution in [1.29, 1.82) is 0 Å². The first-order valence-electron chi connectivity index (χ1n) is 13.3. The molecule has 4 rings (SSSR count). The van der Waals surface area contributed by atoms with Crippen molar-refractivity contribution >= 4 is 17.6 Å². The van der Waals surface area contributed by atoms with Crippen molar-refractivity contribution in [2.24, 2.45) is 0 Å². The molecular formula is C30H38N4O4. The fraction of sp³-hybridized carbons (Fsp3) is 0.400. The first-order chi connectivity index (χ1) is 18.5. The molecule has 1 aromatic heterocycles. The van der Waals surface area contributed by atoms with Crippen molar-refractivity contribution in [2.75, 3.05) is 51.3 Å². The number of nitrogens with zero attached hydrogens (tertiary/aromatic N) is 3. The largest absolute Gasteiger partial charge is 0.464 e. The van der Waals surface area contributed by atoms with E-state index in [1.165, 1.54) is 0 Å². The van der Waals surface area contributed by atoms with Gasteiger partial charge in [0.1, 0.15) is 18.1 Å². The lowest BCUT2D eigenvalue weighted by Crippen LogP contribution is -2.45. The van der Waals surface area contributed by atoms with Gasteiger partial charge in [0.15, 0.2) is 0 Å². The Morgan fingerprint density at radius 3 is 2.34 bits per heavy atom. The number of aryl methyl sites for hydroxylation is 2. The predicted molar refractivity (Wildman–Crippen MR) is 148 cm³/mol. The third-order valence-corrected chi connectivity index (χ3v) is 6.72. The molecule has 2 aromatic carbocycles. The molecule has 1 N–H and O–H groups in total. The number of para-hydroxylation sites is 1. The maximum absolute atomic E-state index is 13.7. The lowest BCUT2D eigenvalue weighted by atomic mass is 10.2. The van der Waals surface area contributed by atoms with E-state index >= 15 is 0 Å². The molecule has 8 nitrogen and oxygen atoms in total. The van der Waals surface area contributed by atoms with Gasteiger partial charge in [-0.2, -0.15) is 0 Å². The van der Waals surface area contributed by atoms with Crippen LogP contribution >= 0.6 is 0 Å². The van der Waals surface area contributed by atoms with E-state index in [4.69, 9.17) is 9.15 Å². The van der Waals surface area contributed by atoms with Gasteiger partial charge in [0, 0.05) is 38.4 Å². The molecule has 3 amide bonds. The molecule has 0 aliphatic carbocycles. The lowest BCUT2D eigenvalue weighted by Gasteiger charge is -2.30. The maximum atomic E-state index is 13.7. The van der Waals surface area contributed by atoms with Gasteiger partial charge in [-0.05, 0) is 49.6 Å². The molecule has 8 heteroatoms. The Morgan fingerprint density at radius 1 is 0.895 bits per heavy atom. The van der Waals surface area contributed by atoms with Crippen LogP contribution < -0.4 is 5.32 Å². The van der Waals surface area contributed by atoms with Gasteiger partial charge in [-0.25, -0.2) is 4.79 Å². The molecule has 0 saturated carbocycles. The average molecular weight is 519 g/mol. The standard InChI is InChI=1S/C30H38N4O4/c1-24-9-6-7-12-28(24)31-30(36)33(16-8-15-32-17-19-37-20-18-32)23-29(35)34(21-26-10-4-3-5-11-26)22-27-14-13-25(2)38-27/h3-7,9-14H,8,15-23H2,1-2H3,(H,31,36). The van der Waals surface area contributed by atoms with Crippen molar-refractivity contribution in [3.05, 3.63) is 89.4 Å². The van der Waals surface area contributed by atoms with E-state index in [-0.39, 0.29) is 18.5 Å². The quantitative estimate of drug-likeness (QED) is 0.399. The third-order valence-electron chi connectivity index (χ3n) is 6.72. The van der Waals surface area contributed by atoms with Gasteiger partial charge in [-0.1, -0.05) is 48.5 Å². The van der Waals surface area contributed by atoms with Crippen LogP contribution in [-0.2, 0) is 22.6 Å². The summed E-state index contributed by atoms with van der Waals surface area (Å²) in [6, 6.07) is 21.1. The molecule has 2 heterocycles. The summed E-state index contributed by atoms with van der Waals surface area (Å²) in [5, 5.41) is 3.01. The van der Waals surface area contributed by atoms with Gasteiger partial charge in [0.2, 0.25) is 5.91 Å². The molecule has 1 aliphatic heterocycles. The van der Waals surface area contributed by atoms with E-state index in [2.05, 4.69) is 10.2 Å². The molecule has 202 valence electrons. The monoisotopic (exact) mass is 518 g/mol. The second kappa shape index (κ2) is 13.8. The number of hydrogen-bond donors (Lipinski definition) is 1. The normalized spacial score (nSPS) is 13.7. The summed E-state index contributed by atoms with van der Waals surface area (Å²) in [6.07, 6.45) is 0.768. The molecule has 0 bridgehead atoms. The number of carbonyl (C=O) groups excluding carboxylic acids is 2. The van der Waals surface area contributed by atoms with E-state index in [0.717, 1.165) is 67.6 Å². The molecule has 1 fully saturated rings. The summed E-state index contributed by atoms with van der Waals surface area (Å²) in [4.78, 5) is 32.8. The maximum Gasteiger partial charge on any atom is 0.322 e. The first kappa shape index (κ1) is 27.4. The number of amides is 3. The highest BCUT2D eigenvalue weighted by molar-refractivity contribution is 5.93. The van der Waals surface area contributed by atoms with Crippen molar-refractivity contribution in [1.82, 2.24) is 14.7 Å². The van der Waals surface area contributed by atoms with Crippen LogP contribution in [0.3, 0.4) is 0 Å². The Kier molecular flexibility index (Phi) is 9.95. The second-order valence-corrected chi connectivity index (χ2v) is 9.72. The summed E-state index contributed by atoms with van der Waals surface area (Å²) in [5.41, 5.74) is 2.74. The number of furan rings is 1. The Labute approximate surface area is 225 Å². The average Bonchev–Trinajstić information content (AvgIpc) is 3.34. The van der Waals surface area contributed by atoms with Gasteiger partial charge in [0.05, 0.1) is 19.8 Å². The highest BCUT2D eigenvalue weighted by atomic mass is 16.5. The second-order valence-electron chi connectivity index (χ2n) is 9.72. The highest BCUT2D eigenvalue weighted by Gasteiger charge is 2.23. The Bertz CT molecular complexity index is 1170. The first-order valence-corrected chi connectivity index (χ1v) is 13.3. The fourth-order valence-corrected chi connectivity index (χ4v) is 4.53. The molecule has 38 heavy (non-hydrogen) atoms. The van der Waals surface area contributed by atoms with E-state index in [0.29, 0.717) is 19.6 Å². The number of ether oxygens (including phenoxy) is 1. The SMILES string of the molecule is Cc1ccc(CN(Cc2ccccc2)C(=O)CN(CCCN2CCOCC2)C(=O)Nc2ccccc2C)o1. The van der Waals surface area contributed by atoms with Crippen LogP contribution in [0.1, 0.15) is 29.1 Å². The molecule has 0 radical (unpaired) electrons. The summed E-state index contributed by atoms with van der Waals surface area (Å²) in [6.45, 7) is 9.16. The number of anilines is 1. The van der Waals surface area contributed by atoms with Crippen LogP contribution in [0, 0.1) is 13.8 Å². The van der Waals surface area contributed by atoms with Crippen molar-refractivity contribution < 1.29 is 18.7 Å². The van der Waals surface area contributed by atoms with Crippen LogP contribution in [0.15, 0.2) is 71.1 Å². The van der Waals surface area contributed by atoms with Gasteiger partial charge in [0.25, 0.3) is 0 Å². The number of nitrogens with one attached hydrogen (secondary N) is 1. The van der Waals surface area contributed by atoms with Crippen molar-refractivity contribution in [3.63, 3.8) is 0 Å². The number of carbonyl (C=O) groups is 2. The summed E-state index contributed by atoms with van der Waals surface area (Å²) < 4.78 is 11.2.